The molecule has 6 heteroatoms. The average Bonchev–Trinajstić information content (AvgIpc) is 4.00. The van der Waals surface area contributed by atoms with Gasteiger partial charge in [-0.15, -0.1) is 0 Å². The van der Waals surface area contributed by atoms with Crippen molar-refractivity contribution in [1.82, 2.24) is 24.1 Å². The minimum absolute atomic E-state index is 0.574. The van der Waals surface area contributed by atoms with Crippen LogP contribution in [0.15, 0.2) is 217 Å². The molecular formula is C57H35N5O. The maximum absolute atomic E-state index is 6.46. The third-order valence-electron chi connectivity index (χ3n) is 12.3. The molecule has 0 aliphatic heterocycles. The Morgan fingerprint density at radius 1 is 0.270 bits per heavy atom. The first-order chi connectivity index (χ1) is 31.2. The van der Waals surface area contributed by atoms with Gasteiger partial charge in [-0.2, -0.15) is 0 Å². The quantitative estimate of drug-likeness (QED) is 0.168. The zero-order valence-corrected chi connectivity index (χ0v) is 33.9. The molecule has 0 saturated carbocycles. The first-order valence-electron chi connectivity index (χ1n) is 21.2. The molecule has 0 radical (unpaired) electrons. The van der Waals surface area contributed by atoms with Crippen molar-refractivity contribution >= 4 is 65.6 Å². The Morgan fingerprint density at radius 3 is 1.48 bits per heavy atom. The SMILES string of the molecule is c1ccc(-c2ccc3oc4cc(-c5nc(-c6ccccc6)nc(-c6cccc(-n7c8ccccc8c8cc9c%10ccccc%10n(-c%10ccccc%10)c9cc87)c6)n5)ccc4c3c2)cc1. The van der Waals surface area contributed by atoms with Gasteiger partial charge in [-0.1, -0.05) is 140 Å². The molecule has 0 bridgehead atoms. The molecule has 0 aliphatic rings. The summed E-state index contributed by atoms with van der Waals surface area (Å²) in [6.07, 6.45) is 0. The molecule has 4 aromatic heterocycles. The van der Waals surface area contributed by atoms with E-state index in [2.05, 4.69) is 185 Å². The summed E-state index contributed by atoms with van der Waals surface area (Å²) >= 11 is 0. The van der Waals surface area contributed by atoms with E-state index in [1.807, 2.05) is 36.4 Å². The van der Waals surface area contributed by atoms with Crippen molar-refractivity contribution in [3.05, 3.63) is 212 Å². The summed E-state index contributed by atoms with van der Waals surface area (Å²) in [5, 5.41) is 6.97. The van der Waals surface area contributed by atoms with Crippen molar-refractivity contribution in [3.8, 4) is 56.7 Å². The van der Waals surface area contributed by atoms with Gasteiger partial charge in [0, 0.05) is 60.4 Å². The molecule has 4 heterocycles. The second kappa shape index (κ2) is 14.0. The Kier molecular flexibility index (Phi) is 7.80. The van der Waals surface area contributed by atoms with Crippen LogP contribution in [0.4, 0.5) is 0 Å². The van der Waals surface area contributed by atoms with Gasteiger partial charge in [-0.3, -0.25) is 0 Å². The fourth-order valence-electron chi connectivity index (χ4n) is 9.43. The fraction of sp³-hybridized carbons (Fsp3) is 0. The zero-order chi connectivity index (χ0) is 41.4. The first-order valence-corrected chi connectivity index (χ1v) is 21.2. The van der Waals surface area contributed by atoms with Crippen LogP contribution in [-0.2, 0) is 0 Å². The molecule has 0 unspecified atom stereocenters. The van der Waals surface area contributed by atoms with Crippen LogP contribution in [0.25, 0.3) is 122 Å². The number of fused-ring (bicyclic) bond motifs is 9. The number of aromatic nitrogens is 5. The maximum Gasteiger partial charge on any atom is 0.164 e. The number of rotatable bonds is 6. The summed E-state index contributed by atoms with van der Waals surface area (Å²) < 4.78 is 11.2. The van der Waals surface area contributed by atoms with Gasteiger partial charge in [0.1, 0.15) is 11.2 Å². The van der Waals surface area contributed by atoms with E-state index in [1.165, 1.54) is 32.6 Å². The lowest BCUT2D eigenvalue weighted by Crippen LogP contribution is -2.01. The minimum Gasteiger partial charge on any atom is -0.456 e. The molecule has 0 aliphatic carbocycles. The van der Waals surface area contributed by atoms with E-state index in [-0.39, 0.29) is 0 Å². The molecule has 294 valence electrons. The largest absolute Gasteiger partial charge is 0.456 e. The Labute approximate surface area is 361 Å². The van der Waals surface area contributed by atoms with Crippen LogP contribution in [0.2, 0.25) is 0 Å². The molecule has 0 saturated heterocycles. The Hall–Kier alpha value is -8.61. The number of para-hydroxylation sites is 3. The van der Waals surface area contributed by atoms with Crippen molar-refractivity contribution < 1.29 is 4.42 Å². The average molecular weight is 806 g/mol. The summed E-state index contributed by atoms with van der Waals surface area (Å²) in [6, 6.07) is 74.5. The maximum atomic E-state index is 6.46. The van der Waals surface area contributed by atoms with E-state index in [1.54, 1.807) is 0 Å². The second-order valence-corrected chi connectivity index (χ2v) is 16.0. The van der Waals surface area contributed by atoms with Gasteiger partial charge in [0.2, 0.25) is 0 Å². The molecular weight excluding hydrogens is 771 g/mol. The number of nitrogens with zero attached hydrogens (tertiary/aromatic N) is 5. The highest BCUT2D eigenvalue weighted by molar-refractivity contribution is 6.19. The lowest BCUT2D eigenvalue weighted by atomic mass is 10.0. The van der Waals surface area contributed by atoms with E-state index in [4.69, 9.17) is 19.4 Å². The summed E-state index contributed by atoms with van der Waals surface area (Å²) in [4.78, 5) is 15.4. The summed E-state index contributed by atoms with van der Waals surface area (Å²) in [5.41, 5.74) is 13.3. The summed E-state index contributed by atoms with van der Waals surface area (Å²) in [7, 11) is 0. The summed E-state index contributed by atoms with van der Waals surface area (Å²) in [6.45, 7) is 0. The molecule has 63 heavy (non-hydrogen) atoms. The van der Waals surface area contributed by atoms with Gasteiger partial charge in [-0.25, -0.2) is 15.0 Å². The molecule has 13 aromatic rings. The molecule has 0 spiro atoms. The number of furan rings is 1. The van der Waals surface area contributed by atoms with E-state index in [0.717, 1.165) is 72.1 Å². The second-order valence-electron chi connectivity index (χ2n) is 16.0. The van der Waals surface area contributed by atoms with Crippen LogP contribution >= 0.6 is 0 Å². The van der Waals surface area contributed by atoms with Crippen LogP contribution < -0.4 is 0 Å². The Bertz CT molecular complexity index is 3900. The standard InChI is InChI=1S/C57H35N5O/c1-4-15-36(16-5-1)38-28-30-53-48(32-38)45-29-27-40(33-54(45)63-53)57-59-55(37-17-6-2-7-18-37)58-56(60-57)39-19-14-22-42(31-39)62-50-26-13-11-24-44(50)47-34-46-43-23-10-12-25-49(43)61(51(46)35-52(47)62)41-20-8-3-9-21-41/h1-35H. The van der Waals surface area contributed by atoms with Gasteiger partial charge in [0.15, 0.2) is 17.5 Å². The summed E-state index contributed by atoms with van der Waals surface area (Å²) in [5.74, 6) is 1.76. The Morgan fingerprint density at radius 2 is 0.794 bits per heavy atom. The van der Waals surface area contributed by atoms with Gasteiger partial charge < -0.3 is 13.6 Å². The van der Waals surface area contributed by atoms with Gasteiger partial charge in [0.25, 0.3) is 0 Å². The molecule has 13 rings (SSSR count). The lowest BCUT2D eigenvalue weighted by molar-refractivity contribution is 0.669. The number of hydrogen-bond donors (Lipinski definition) is 0. The van der Waals surface area contributed by atoms with Crippen LogP contribution in [-0.4, -0.2) is 24.1 Å². The lowest BCUT2D eigenvalue weighted by Gasteiger charge is -2.12. The van der Waals surface area contributed by atoms with Gasteiger partial charge >= 0.3 is 0 Å². The van der Waals surface area contributed by atoms with Crippen molar-refractivity contribution in [2.45, 2.75) is 0 Å². The van der Waals surface area contributed by atoms with Crippen molar-refractivity contribution in [1.29, 1.82) is 0 Å². The third-order valence-corrected chi connectivity index (χ3v) is 12.3. The van der Waals surface area contributed by atoms with E-state index < -0.39 is 0 Å². The van der Waals surface area contributed by atoms with Crippen LogP contribution in [0.5, 0.6) is 0 Å². The van der Waals surface area contributed by atoms with Crippen LogP contribution in [0.1, 0.15) is 0 Å². The van der Waals surface area contributed by atoms with Gasteiger partial charge in [0.05, 0.1) is 22.1 Å². The van der Waals surface area contributed by atoms with Crippen molar-refractivity contribution in [2.75, 3.05) is 0 Å². The fourth-order valence-corrected chi connectivity index (χ4v) is 9.43. The van der Waals surface area contributed by atoms with Crippen molar-refractivity contribution in [3.63, 3.8) is 0 Å². The Balaban J connectivity index is 0.981. The third kappa shape index (κ3) is 5.69. The van der Waals surface area contributed by atoms with Crippen molar-refractivity contribution in [2.24, 2.45) is 0 Å². The first kappa shape index (κ1) is 35.2. The molecule has 0 atom stereocenters. The smallest absolute Gasteiger partial charge is 0.164 e. The monoisotopic (exact) mass is 805 g/mol. The molecule has 0 fully saturated rings. The van der Waals surface area contributed by atoms with E-state index in [9.17, 15) is 0 Å². The zero-order valence-electron chi connectivity index (χ0n) is 33.9. The molecule has 0 amide bonds. The molecule has 0 N–H and O–H groups in total. The van der Waals surface area contributed by atoms with E-state index in [0.29, 0.717) is 17.5 Å². The van der Waals surface area contributed by atoms with Crippen LogP contribution in [0.3, 0.4) is 0 Å². The molecule has 9 aromatic carbocycles. The van der Waals surface area contributed by atoms with Crippen LogP contribution in [0, 0.1) is 0 Å². The normalized spacial score (nSPS) is 11.8. The highest BCUT2D eigenvalue weighted by Crippen LogP contribution is 2.41. The number of hydrogen-bond acceptors (Lipinski definition) is 4. The number of benzene rings is 9. The van der Waals surface area contributed by atoms with Gasteiger partial charge in [-0.05, 0) is 83.9 Å². The molecule has 6 nitrogen and oxygen atoms in total. The topological polar surface area (TPSA) is 61.7 Å². The highest BCUT2D eigenvalue weighted by Gasteiger charge is 2.20. The minimum atomic E-state index is 0.574. The predicted octanol–water partition coefficient (Wildman–Crippen LogP) is 14.6. The predicted molar refractivity (Wildman–Crippen MR) is 258 cm³/mol. The highest BCUT2D eigenvalue weighted by atomic mass is 16.3. The van der Waals surface area contributed by atoms with E-state index >= 15 is 0 Å².